The summed E-state index contributed by atoms with van der Waals surface area (Å²) < 4.78 is 4.83. The zero-order valence-electron chi connectivity index (χ0n) is 7.28. The predicted octanol–water partition coefficient (Wildman–Crippen LogP) is 0.269. The minimum atomic E-state index is -0.0800. The number of nitrogens with one attached hydrogen (secondary N) is 1. The van der Waals surface area contributed by atoms with E-state index in [9.17, 15) is 4.79 Å². The number of aryl methyl sites for hydroxylation is 1. The van der Waals surface area contributed by atoms with Crippen molar-refractivity contribution < 1.29 is 9.32 Å². The highest BCUT2D eigenvalue weighted by Gasteiger charge is 2.40. The molecule has 5 heteroatoms. The molecule has 2 rings (SSSR count). The highest BCUT2D eigenvalue weighted by molar-refractivity contribution is 5.93. The third-order valence-electron chi connectivity index (χ3n) is 2.05. The first-order valence-corrected chi connectivity index (χ1v) is 4.16. The lowest BCUT2D eigenvalue weighted by Gasteiger charge is -1.97. The van der Waals surface area contributed by atoms with Crippen LogP contribution in [0.2, 0.25) is 0 Å². The maximum absolute atomic E-state index is 11.3. The highest BCUT2D eigenvalue weighted by atomic mass is 16.5. The van der Waals surface area contributed by atoms with Crippen molar-refractivity contribution >= 4 is 11.8 Å². The molecule has 0 saturated heterocycles. The predicted molar refractivity (Wildman–Crippen MR) is 46.0 cm³/mol. The van der Waals surface area contributed by atoms with Gasteiger partial charge in [-0.15, -0.1) is 0 Å². The van der Waals surface area contributed by atoms with Crippen LogP contribution >= 0.6 is 0 Å². The van der Waals surface area contributed by atoms with Crippen molar-refractivity contribution in [1.29, 1.82) is 0 Å². The molecule has 1 aromatic heterocycles. The summed E-state index contributed by atoms with van der Waals surface area (Å²) in [5, 5.41) is 6.25. The van der Waals surface area contributed by atoms with Gasteiger partial charge in [0.25, 0.3) is 0 Å². The molecule has 1 aromatic rings. The number of carbonyl (C=O) groups is 1. The van der Waals surface area contributed by atoms with E-state index in [1.165, 1.54) is 0 Å². The molecule has 70 valence electrons. The fourth-order valence-electron chi connectivity index (χ4n) is 1.15. The summed E-state index contributed by atoms with van der Waals surface area (Å²) in [6, 6.07) is 1.69. The Morgan fingerprint density at radius 3 is 3.00 bits per heavy atom. The summed E-state index contributed by atoms with van der Waals surface area (Å²) in [7, 11) is 0. The molecule has 13 heavy (non-hydrogen) atoms. The fourth-order valence-corrected chi connectivity index (χ4v) is 1.15. The van der Waals surface area contributed by atoms with Crippen LogP contribution in [0.1, 0.15) is 12.1 Å². The third kappa shape index (κ3) is 1.70. The van der Waals surface area contributed by atoms with E-state index < -0.39 is 0 Å². The maximum atomic E-state index is 11.3. The van der Waals surface area contributed by atoms with Crippen molar-refractivity contribution in [2.75, 3.05) is 5.32 Å². The standard InChI is InChI=1S/C8H11N3O2/c1-4-2-7(13-11-4)10-8(12)5-3-6(5)9/h2,5-6H,3,9H2,1H3,(H,10,12). The first kappa shape index (κ1) is 8.25. The largest absolute Gasteiger partial charge is 0.338 e. The number of rotatable bonds is 2. The van der Waals surface area contributed by atoms with E-state index in [1.807, 2.05) is 0 Å². The molecule has 5 nitrogen and oxygen atoms in total. The van der Waals surface area contributed by atoms with E-state index >= 15 is 0 Å². The molecule has 0 spiro atoms. The van der Waals surface area contributed by atoms with Gasteiger partial charge in [0.05, 0.1) is 11.6 Å². The summed E-state index contributed by atoms with van der Waals surface area (Å²) in [6.45, 7) is 1.79. The molecule has 0 aliphatic heterocycles. The van der Waals surface area contributed by atoms with Crippen LogP contribution in [-0.2, 0) is 4.79 Å². The van der Waals surface area contributed by atoms with Crippen molar-refractivity contribution in [1.82, 2.24) is 5.16 Å². The van der Waals surface area contributed by atoms with Gasteiger partial charge in [-0.1, -0.05) is 5.16 Å². The number of amides is 1. The number of hydrogen-bond donors (Lipinski definition) is 2. The second-order valence-corrected chi connectivity index (χ2v) is 3.33. The van der Waals surface area contributed by atoms with Crippen LogP contribution in [0.4, 0.5) is 5.88 Å². The van der Waals surface area contributed by atoms with E-state index in [0.717, 1.165) is 12.1 Å². The molecule has 1 aliphatic carbocycles. The summed E-state index contributed by atoms with van der Waals surface area (Å²) in [5.41, 5.74) is 6.26. The van der Waals surface area contributed by atoms with Gasteiger partial charge in [-0.25, -0.2) is 0 Å². The summed E-state index contributed by atoms with van der Waals surface area (Å²) >= 11 is 0. The molecule has 1 fully saturated rings. The Balaban J connectivity index is 1.95. The van der Waals surface area contributed by atoms with E-state index in [0.29, 0.717) is 5.88 Å². The first-order chi connectivity index (χ1) is 6.16. The minimum absolute atomic E-state index is 0.0176. The van der Waals surface area contributed by atoms with Crippen LogP contribution in [-0.4, -0.2) is 17.1 Å². The molecular weight excluding hydrogens is 170 g/mol. The SMILES string of the molecule is Cc1cc(NC(=O)C2CC2N)on1. The minimum Gasteiger partial charge on any atom is -0.338 e. The Kier molecular flexibility index (Phi) is 1.81. The van der Waals surface area contributed by atoms with Crippen LogP contribution in [0.15, 0.2) is 10.6 Å². The quantitative estimate of drug-likeness (QED) is 0.686. The highest BCUT2D eigenvalue weighted by Crippen LogP contribution is 2.29. The topological polar surface area (TPSA) is 81.2 Å². The maximum Gasteiger partial charge on any atom is 0.231 e. The number of nitrogens with two attached hydrogens (primary N) is 1. The molecule has 1 heterocycles. The number of nitrogens with zero attached hydrogens (tertiary/aromatic N) is 1. The fraction of sp³-hybridized carbons (Fsp3) is 0.500. The third-order valence-corrected chi connectivity index (χ3v) is 2.05. The second-order valence-electron chi connectivity index (χ2n) is 3.33. The molecule has 1 aliphatic rings. The van der Waals surface area contributed by atoms with Crippen molar-refractivity contribution in [3.05, 3.63) is 11.8 Å². The van der Waals surface area contributed by atoms with Gasteiger partial charge in [0, 0.05) is 12.1 Å². The summed E-state index contributed by atoms with van der Waals surface area (Å²) in [5.74, 6) is 0.260. The molecule has 1 saturated carbocycles. The van der Waals surface area contributed by atoms with E-state index in [2.05, 4.69) is 10.5 Å². The first-order valence-electron chi connectivity index (χ1n) is 4.16. The number of anilines is 1. The Morgan fingerprint density at radius 1 is 1.85 bits per heavy atom. The molecule has 0 aromatic carbocycles. The van der Waals surface area contributed by atoms with Crippen molar-refractivity contribution in [2.45, 2.75) is 19.4 Å². The molecule has 0 bridgehead atoms. The van der Waals surface area contributed by atoms with Crippen LogP contribution in [0.3, 0.4) is 0 Å². The van der Waals surface area contributed by atoms with E-state index in [1.54, 1.807) is 13.0 Å². The van der Waals surface area contributed by atoms with Gasteiger partial charge in [0.15, 0.2) is 0 Å². The van der Waals surface area contributed by atoms with Gasteiger partial charge in [-0.2, -0.15) is 0 Å². The van der Waals surface area contributed by atoms with Crippen LogP contribution < -0.4 is 11.1 Å². The molecular formula is C8H11N3O2. The van der Waals surface area contributed by atoms with Crippen LogP contribution in [0.5, 0.6) is 0 Å². The lowest BCUT2D eigenvalue weighted by molar-refractivity contribution is -0.117. The Bertz CT molecular complexity index is 334. The monoisotopic (exact) mass is 181 g/mol. The Labute approximate surface area is 75.3 Å². The zero-order chi connectivity index (χ0) is 9.42. The average molecular weight is 181 g/mol. The summed E-state index contributed by atoms with van der Waals surface area (Å²) in [6.07, 6.45) is 0.763. The number of carbonyl (C=O) groups excluding carboxylic acids is 1. The Hall–Kier alpha value is -1.36. The number of hydrogen-bond acceptors (Lipinski definition) is 4. The average Bonchev–Trinajstić information content (AvgIpc) is 2.66. The van der Waals surface area contributed by atoms with Crippen LogP contribution in [0.25, 0.3) is 0 Å². The summed E-state index contributed by atoms with van der Waals surface area (Å²) in [4.78, 5) is 11.3. The molecule has 3 N–H and O–H groups in total. The molecule has 2 atom stereocenters. The lowest BCUT2D eigenvalue weighted by Crippen LogP contribution is -2.18. The van der Waals surface area contributed by atoms with Crippen LogP contribution in [0, 0.1) is 12.8 Å². The zero-order valence-corrected chi connectivity index (χ0v) is 7.28. The van der Waals surface area contributed by atoms with Gasteiger partial charge in [0.2, 0.25) is 11.8 Å². The van der Waals surface area contributed by atoms with Gasteiger partial charge in [0.1, 0.15) is 0 Å². The van der Waals surface area contributed by atoms with Gasteiger partial charge in [-0.05, 0) is 13.3 Å². The Morgan fingerprint density at radius 2 is 2.54 bits per heavy atom. The van der Waals surface area contributed by atoms with Gasteiger partial charge in [-0.3, -0.25) is 10.1 Å². The smallest absolute Gasteiger partial charge is 0.231 e. The lowest BCUT2D eigenvalue weighted by atomic mass is 10.4. The normalized spacial score (nSPS) is 25.7. The van der Waals surface area contributed by atoms with Crippen molar-refractivity contribution in [3.8, 4) is 0 Å². The molecule has 1 amide bonds. The van der Waals surface area contributed by atoms with E-state index in [4.69, 9.17) is 10.3 Å². The van der Waals surface area contributed by atoms with Crippen molar-refractivity contribution in [2.24, 2.45) is 11.7 Å². The molecule has 0 radical (unpaired) electrons. The second kappa shape index (κ2) is 2.85. The van der Waals surface area contributed by atoms with Gasteiger partial charge >= 0.3 is 0 Å². The molecule has 2 unspecified atom stereocenters. The van der Waals surface area contributed by atoms with E-state index in [-0.39, 0.29) is 17.9 Å². The number of aromatic nitrogens is 1. The van der Waals surface area contributed by atoms with Crippen molar-refractivity contribution in [3.63, 3.8) is 0 Å². The van der Waals surface area contributed by atoms with Gasteiger partial charge < -0.3 is 10.3 Å².